The molecule has 0 fully saturated rings. The van der Waals surface area contributed by atoms with Crippen molar-refractivity contribution in [2.45, 2.75) is 53.4 Å². The van der Waals surface area contributed by atoms with Gasteiger partial charge in [-0.15, -0.1) is 0 Å². The largest absolute Gasteiger partial charge is 0.294 e. The Morgan fingerprint density at radius 1 is 0.857 bits per heavy atom. The van der Waals surface area contributed by atoms with Crippen molar-refractivity contribution in [2.75, 3.05) is 0 Å². The molecule has 2 heteroatoms. The summed E-state index contributed by atoms with van der Waals surface area (Å²) in [6.45, 7) is 8.09. The predicted octanol–water partition coefficient (Wildman–Crippen LogP) is 4.48. The molecule has 2 aliphatic rings. The molecule has 0 bridgehead atoms. The molecule has 0 aromatic rings. The first-order chi connectivity index (χ1) is 9.83. The van der Waals surface area contributed by atoms with Gasteiger partial charge in [0.05, 0.1) is 5.41 Å². The molecule has 1 spiro atoms. The van der Waals surface area contributed by atoms with Crippen LogP contribution in [-0.2, 0) is 9.59 Å². The number of carbonyl (C=O) groups excluding carboxylic acids is 2. The highest BCUT2D eigenvalue weighted by molar-refractivity contribution is 6.17. The fourth-order valence-corrected chi connectivity index (χ4v) is 3.18. The van der Waals surface area contributed by atoms with Gasteiger partial charge in [0.15, 0.2) is 11.6 Å². The van der Waals surface area contributed by atoms with Crippen molar-refractivity contribution in [3.8, 4) is 0 Å². The Morgan fingerprint density at radius 2 is 1.24 bits per heavy atom. The fourth-order valence-electron chi connectivity index (χ4n) is 3.18. The van der Waals surface area contributed by atoms with E-state index in [0.29, 0.717) is 12.8 Å². The highest BCUT2D eigenvalue weighted by atomic mass is 16.2. The maximum atomic E-state index is 12.5. The van der Waals surface area contributed by atoms with Gasteiger partial charge in [0.25, 0.3) is 0 Å². The molecule has 2 nitrogen and oxygen atoms in total. The minimum absolute atomic E-state index is 0.00116. The van der Waals surface area contributed by atoms with Crippen LogP contribution < -0.4 is 0 Å². The van der Waals surface area contributed by atoms with Crippen LogP contribution in [0.25, 0.3) is 0 Å². The highest BCUT2D eigenvalue weighted by Gasteiger charge is 2.46. The lowest BCUT2D eigenvalue weighted by molar-refractivity contribution is -0.137. The molecule has 2 aliphatic carbocycles. The maximum Gasteiger partial charge on any atom is 0.169 e. The molecule has 0 saturated carbocycles. The van der Waals surface area contributed by atoms with Crippen molar-refractivity contribution in [3.05, 3.63) is 46.6 Å². The lowest BCUT2D eigenvalue weighted by atomic mass is 9.65. The molecule has 0 unspecified atom stereocenters. The van der Waals surface area contributed by atoms with Gasteiger partial charge in [-0.05, 0) is 76.7 Å². The molecule has 0 heterocycles. The lowest BCUT2D eigenvalue weighted by Gasteiger charge is -2.35. The van der Waals surface area contributed by atoms with E-state index in [1.807, 2.05) is 39.8 Å². The monoisotopic (exact) mass is 284 g/mol. The molecule has 0 aromatic carbocycles. The molecular weight excluding hydrogens is 260 g/mol. The van der Waals surface area contributed by atoms with Gasteiger partial charge in [0, 0.05) is 0 Å². The SMILES string of the molecule is CC(C)=CC1=CC(=O)C2(CC1)CCC(C=C(C)C)=CC2=O. The predicted molar refractivity (Wildman–Crippen MR) is 85.9 cm³/mol. The first-order valence-corrected chi connectivity index (χ1v) is 7.63. The van der Waals surface area contributed by atoms with Crippen molar-refractivity contribution in [3.63, 3.8) is 0 Å². The number of allylic oxidation sites excluding steroid dienone is 8. The average Bonchev–Trinajstić information content (AvgIpc) is 2.35. The molecule has 21 heavy (non-hydrogen) atoms. The van der Waals surface area contributed by atoms with E-state index in [-0.39, 0.29) is 11.6 Å². The Balaban J connectivity index is 2.27. The highest BCUT2D eigenvalue weighted by Crippen LogP contribution is 2.42. The van der Waals surface area contributed by atoms with Crippen LogP contribution in [0.5, 0.6) is 0 Å². The summed E-state index contributed by atoms with van der Waals surface area (Å²) in [5.74, 6) is -0.00231. The molecule has 0 amide bonds. The molecule has 2 rings (SSSR count). The minimum atomic E-state index is -0.780. The summed E-state index contributed by atoms with van der Waals surface area (Å²) in [6, 6.07) is 0. The van der Waals surface area contributed by atoms with Gasteiger partial charge >= 0.3 is 0 Å². The Morgan fingerprint density at radius 3 is 1.52 bits per heavy atom. The summed E-state index contributed by atoms with van der Waals surface area (Å²) in [7, 11) is 0. The average molecular weight is 284 g/mol. The van der Waals surface area contributed by atoms with E-state index in [9.17, 15) is 9.59 Å². The van der Waals surface area contributed by atoms with Crippen molar-refractivity contribution < 1.29 is 9.59 Å². The molecule has 0 radical (unpaired) electrons. The summed E-state index contributed by atoms with van der Waals surface area (Å²) < 4.78 is 0. The molecular formula is C19H24O2. The van der Waals surface area contributed by atoms with E-state index in [1.165, 1.54) is 11.1 Å². The van der Waals surface area contributed by atoms with Crippen LogP contribution in [0.3, 0.4) is 0 Å². The summed E-state index contributed by atoms with van der Waals surface area (Å²) in [5, 5.41) is 0. The summed E-state index contributed by atoms with van der Waals surface area (Å²) in [4.78, 5) is 25.1. The Hall–Kier alpha value is -1.70. The van der Waals surface area contributed by atoms with Gasteiger partial charge in [-0.3, -0.25) is 9.59 Å². The topological polar surface area (TPSA) is 34.1 Å². The minimum Gasteiger partial charge on any atom is -0.294 e. The van der Waals surface area contributed by atoms with E-state index < -0.39 is 5.41 Å². The third-order valence-electron chi connectivity index (χ3n) is 4.21. The van der Waals surface area contributed by atoms with Crippen molar-refractivity contribution in [2.24, 2.45) is 5.41 Å². The summed E-state index contributed by atoms with van der Waals surface area (Å²) in [5.41, 5.74) is 3.70. The van der Waals surface area contributed by atoms with Gasteiger partial charge in [0.1, 0.15) is 0 Å². The number of rotatable bonds is 2. The standard InChI is InChI=1S/C19H24O2/c1-13(2)9-15-5-7-19(17(20)11-15)8-6-16(10-14(3)4)12-18(19)21/h9-12H,5-8H2,1-4H3. The molecule has 0 aliphatic heterocycles. The Kier molecular flexibility index (Phi) is 4.46. The molecule has 0 aromatic heterocycles. The zero-order valence-electron chi connectivity index (χ0n) is 13.5. The number of carbonyl (C=O) groups is 2. The Bertz CT molecular complexity index is 535. The summed E-state index contributed by atoms with van der Waals surface area (Å²) >= 11 is 0. The molecule has 0 N–H and O–H groups in total. The quantitative estimate of drug-likeness (QED) is 0.700. The van der Waals surface area contributed by atoms with Crippen LogP contribution in [0.4, 0.5) is 0 Å². The van der Waals surface area contributed by atoms with Crippen molar-refractivity contribution >= 4 is 11.6 Å². The van der Waals surface area contributed by atoms with E-state index in [4.69, 9.17) is 0 Å². The van der Waals surface area contributed by atoms with Crippen molar-refractivity contribution in [1.82, 2.24) is 0 Å². The first-order valence-electron chi connectivity index (χ1n) is 7.63. The first kappa shape index (κ1) is 15.7. The Labute approximate surface area is 127 Å². The molecule has 0 saturated heterocycles. The summed E-state index contributed by atoms with van der Waals surface area (Å²) in [6.07, 6.45) is 10.4. The van der Waals surface area contributed by atoms with Gasteiger partial charge in [-0.25, -0.2) is 0 Å². The second-order valence-electron chi connectivity index (χ2n) is 6.69. The lowest BCUT2D eigenvalue weighted by Crippen LogP contribution is -2.41. The zero-order valence-corrected chi connectivity index (χ0v) is 13.5. The molecule has 112 valence electrons. The third kappa shape index (κ3) is 3.31. The fraction of sp³-hybridized carbons (Fsp3) is 0.474. The van der Waals surface area contributed by atoms with E-state index in [1.54, 1.807) is 12.2 Å². The number of hydrogen-bond donors (Lipinski definition) is 0. The smallest absolute Gasteiger partial charge is 0.169 e. The third-order valence-corrected chi connectivity index (χ3v) is 4.21. The van der Waals surface area contributed by atoms with Crippen LogP contribution in [-0.4, -0.2) is 11.6 Å². The van der Waals surface area contributed by atoms with Gasteiger partial charge in [0.2, 0.25) is 0 Å². The zero-order chi connectivity index (χ0) is 15.6. The molecule has 0 atom stereocenters. The second kappa shape index (κ2) is 5.97. The van der Waals surface area contributed by atoms with Gasteiger partial charge in [-0.1, -0.05) is 23.3 Å². The van der Waals surface area contributed by atoms with Crippen LogP contribution >= 0.6 is 0 Å². The second-order valence-corrected chi connectivity index (χ2v) is 6.69. The van der Waals surface area contributed by atoms with E-state index >= 15 is 0 Å². The maximum absolute atomic E-state index is 12.5. The van der Waals surface area contributed by atoms with Crippen molar-refractivity contribution in [1.29, 1.82) is 0 Å². The number of hydrogen-bond acceptors (Lipinski definition) is 2. The van der Waals surface area contributed by atoms with Gasteiger partial charge in [-0.2, -0.15) is 0 Å². The van der Waals surface area contributed by atoms with E-state index in [0.717, 1.165) is 24.0 Å². The van der Waals surface area contributed by atoms with Crippen LogP contribution in [0.1, 0.15) is 53.4 Å². The number of ketones is 2. The normalized spacial score (nSPS) is 20.8. The van der Waals surface area contributed by atoms with Crippen LogP contribution in [0, 0.1) is 5.41 Å². The van der Waals surface area contributed by atoms with E-state index in [2.05, 4.69) is 0 Å². The van der Waals surface area contributed by atoms with Crippen LogP contribution in [0.15, 0.2) is 46.6 Å². The van der Waals surface area contributed by atoms with Crippen LogP contribution in [0.2, 0.25) is 0 Å². The van der Waals surface area contributed by atoms with Gasteiger partial charge < -0.3 is 0 Å².